The van der Waals surface area contributed by atoms with Crippen molar-refractivity contribution in [3.63, 3.8) is 0 Å². The first kappa shape index (κ1) is 17.2. The number of carbonyl (C=O) groups is 2. The number of nitrogens with zero attached hydrogens (tertiary/aromatic N) is 1. The highest BCUT2D eigenvalue weighted by atomic mass is 16.5. The Morgan fingerprint density at radius 1 is 1.37 bits per heavy atom. The lowest BCUT2D eigenvalue weighted by Gasteiger charge is -2.15. The molecule has 0 spiro atoms. The maximum absolute atomic E-state index is 11.6. The van der Waals surface area contributed by atoms with E-state index in [2.05, 4.69) is 6.58 Å². The molecule has 0 rings (SSSR count). The van der Waals surface area contributed by atoms with Gasteiger partial charge in [0, 0.05) is 5.57 Å². The molecule has 106 valence electrons. The van der Waals surface area contributed by atoms with Crippen LogP contribution in [0, 0.1) is 11.3 Å². The number of ether oxygens (including phenoxy) is 2. The maximum Gasteiger partial charge on any atom is 0.334 e. The fourth-order valence-electron chi connectivity index (χ4n) is 1.43. The molecule has 0 aromatic rings. The second kappa shape index (κ2) is 10.1. The van der Waals surface area contributed by atoms with Gasteiger partial charge < -0.3 is 9.47 Å². The molecule has 0 heterocycles. The number of carbonyl (C=O) groups excluding carboxylic acids is 2. The third-order valence-electron chi connectivity index (χ3n) is 2.46. The summed E-state index contributed by atoms with van der Waals surface area (Å²) in [4.78, 5) is 23.0. The minimum atomic E-state index is -0.657. The summed E-state index contributed by atoms with van der Waals surface area (Å²) in [5, 5.41) is 8.30. The number of hydrogen-bond acceptors (Lipinski definition) is 5. The van der Waals surface area contributed by atoms with Crippen LogP contribution in [0.3, 0.4) is 0 Å². The van der Waals surface area contributed by atoms with E-state index >= 15 is 0 Å². The topological polar surface area (TPSA) is 76.4 Å². The quantitative estimate of drug-likeness (QED) is 0.364. The Kier molecular flexibility index (Phi) is 9.15. The lowest BCUT2D eigenvalue weighted by atomic mass is 10.1. The third-order valence-corrected chi connectivity index (χ3v) is 2.46. The SMILES string of the molecule is C=C(CC(=O)OC(CC)CCC)C(=O)OCCC#N. The molecule has 0 fully saturated rings. The fourth-order valence-corrected chi connectivity index (χ4v) is 1.43. The molecule has 0 aromatic heterocycles. The number of nitriles is 1. The summed E-state index contributed by atoms with van der Waals surface area (Å²) < 4.78 is 9.98. The molecule has 1 atom stereocenters. The van der Waals surface area contributed by atoms with Gasteiger partial charge in [0.05, 0.1) is 18.9 Å². The van der Waals surface area contributed by atoms with Crippen molar-refractivity contribution in [2.75, 3.05) is 6.61 Å². The zero-order chi connectivity index (χ0) is 14.7. The van der Waals surface area contributed by atoms with Gasteiger partial charge in [-0.25, -0.2) is 4.79 Å². The van der Waals surface area contributed by atoms with E-state index in [1.165, 1.54) is 0 Å². The Balaban J connectivity index is 4.07. The van der Waals surface area contributed by atoms with Crippen LogP contribution in [0.15, 0.2) is 12.2 Å². The van der Waals surface area contributed by atoms with E-state index in [4.69, 9.17) is 14.7 Å². The first-order valence-electron chi connectivity index (χ1n) is 6.46. The van der Waals surface area contributed by atoms with Crippen LogP contribution in [0.25, 0.3) is 0 Å². The van der Waals surface area contributed by atoms with Crippen molar-refractivity contribution >= 4 is 11.9 Å². The summed E-state index contributed by atoms with van der Waals surface area (Å²) in [6.07, 6.45) is 2.33. The van der Waals surface area contributed by atoms with Crippen molar-refractivity contribution in [3.8, 4) is 6.07 Å². The standard InChI is InChI=1S/C14H21NO4/c1-4-7-12(5-2)19-13(16)10-11(3)14(17)18-9-6-8-15/h12H,3-7,9-10H2,1-2H3. The van der Waals surface area contributed by atoms with E-state index in [0.717, 1.165) is 19.3 Å². The molecule has 0 saturated heterocycles. The summed E-state index contributed by atoms with van der Waals surface area (Å²) in [5.74, 6) is -1.13. The van der Waals surface area contributed by atoms with Crippen molar-refractivity contribution < 1.29 is 19.1 Å². The van der Waals surface area contributed by atoms with Gasteiger partial charge in [-0.3, -0.25) is 4.79 Å². The van der Waals surface area contributed by atoms with Crippen molar-refractivity contribution in [2.45, 2.75) is 52.1 Å². The van der Waals surface area contributed by atoms with E-state index in [9.17, 15) is 9.59 Å². The molecular formula is C14H21NO4. The predicted octanol–water partition coefficient (Wildman–Crippen LogP) is 2.51. The Morgan fingerprint density at radius 2 is 2.05 bits per heavy atom. The van der Waals surface area contributed by atoms with Gasteiger partial charge in [0.2, 0.25) is 0 Å². The van der Waals surface area contributed by atoms with Crippen molar-refractivity contribution in [3.05, 3.63) is 12.2 Å². The zero-order valence-electron chi connectivity index (χ0n) is 11.6. The van der Waals surface area contributed by atoms with Gasteiger partial charge in [0.1, 0.15) is 12.7 Å². The molecular weight excluding hydrogens is 246 g/mol. The van der Waals surface area contributed by atoms with Crippen LogP contribution >= 0.6 is 0 Å². The molecule has 5 nitrogen and oxygen atoms in total. The molecule has 0 bridgehead atoms. The first-order chi connectivity index (χ1) is 9.04. The van der Waals surface area contributed by atoms with Crippen LogP contribution in [0.1, 0.15) is 46.0 Å². The van der Waals surface area contributed by atoms with Crippen molar-refractivity contribution in [2.24, 2.45) is 0 Å². The highest BCUT2D eigenvalue weighted by Gasteiger charge is 2.17. The molecule has 0 aliphatic carbocycles. The monoisotopic (exact) mass is 267 g/mol. The molecule has 5 heteroatoms. The summed E-state index contributed by atoms with van der Waals surface area (Å²) in [5.41, 5.74) is 0.0503. The molecule has 0 aromatic carbocycles. The third kappa shape index (κ3) is 7.98. The minimum absolute atomic E-state index is 0.0107. The Morgan fingerprint density at radius 3 is 2.58 bits per heavy atom. The molecule has 0 radical (unpaired) electrons. The molecule has 19 heavy (non-hydrogen) atoms. The molecule has 0 aliphatic rings. The Hall–Kier alpha value is -1.83. The van der Waals surface area contributed by atoms with E-state index in [0.29, 0.717) is 0 Å². The average Bonchev–Trinajstić information content (AvgIpc) is 2.38. The predicted molar refractivity (Wildman–Crippen MR) is 70.0 cm³/mol. The Labute approximate surface area is 114 Å². The summed E-state index contributed by atoms with van der Waals surface area (Å²) in [6.45, 7) is 7.46. The van der Waals surface area contributed by atoms with Gasteiger partial charge in [-0.2, -0.15) is 5.26 Å². The highest BCUT2D eigenvalue weighted by Crippen LogP contribution is 2.10. The lowest BCUT2D eigenvalue weighted by molar-refractivity contribution is -0.150. The fraction of sp³-hybridized carbons (Fsp3) is 0.643. The maximum atomic E-state index is 11.6. The number of esters is 2. The van der Waals surface area contributed by atoms with E-state index in [-0.39, 0.29) is 31.1 Å². The van der Waals surface area contributed by atoms with Crippen LogP contribution in [0.4, 0.5) is 0 Å². The normalized spacial score (nSPS) is 11.2. The lowest BCUT2D eigenvalue weighted by Crippen LogP contribution is -2.19. The molecule has 1 unspecified atom stereocenters. The second-order valence-electron chi connectivity index (χ2n) is 4.13. The molecule has 0 saturated carbocycles. The minimum Gasteiger partial charge on any atom is -0.462 e. The van der Waals surface area contributed by atoms with E-state index in [1.54, 1.807) is 0 Å². The average molecular weight is 267 g/mol. The Bertz CT molecular complexity index is 357. The zero-order valence-corrected chi connectivity index (χ0v) is 11.6. The smallest absolute Gasteiger partial charge is 0.334 e. The van der Waals surface area contributed by atoms with Crippen molar-refractivity contribution in [1.82, 2.24) is 0 Å². The van der Waals surface area contributed by atoms with Gasteiger partial charge in [0.25, 0.3) is 0 Å². The summed E-state index contributed by atoms with van der Waals surface area (Å²) >= 11 is 0. The van der Waals surface area contributed by atoms with Crippen LogP contribution in [-0.2, 0) is 19.1 Å². The highest BCUT2D eigenvalue weighted by molar-refractivity contribution is 5.93. The molecule has 0 N–H and O–H groups in total. The van der Waals surface area contributed by atoms with Crippen LogP contribution in [0.2, 0.25) is 0 Å². The van der Waals surface area contributed by atoms with Gasteiger partial charge in [-0.05, 0) is 12.8 Å². The van der Waals surface area contributed by atoms with Gasteiger partial charge >= 0.3 is 11.9 Å². The largest absolute Gasteiger partial charge is 0.462 e. The van der Waals surface area contributed by atoms with E-state index in [1.807, 2.05) is 19.9 Å². The molecule has 0 amide bonds. The van der Waals surface area contributed by atoms with Crippen LogP contribution < -0.4 is 0 Å². The van der Waals surface area contributed by atoms with Gasteiger partial charge in [-0.15, -0.1) is 0 Å². The van der Waals surface area contributed by atoms with E-state index < -0.39 is 11.9 Å². The molecule has 0 aliphatic heterocycles. The van der Waals surface area contributed by atoms with Gasteiger partial charge in [0.15, 0.2) is 0 Å². The number of hydrogen-bond donors (Lipinski definition) is 0. The second-order valence-corrected chi connectivity index (χ2v) is 4.13. The van der Waals surface area contributed by atoms with Crippen LogP contribution in [0.5, 0.6) is 0 Å². The summed E-state index contributed by atoms with van der Waals surface area (Å²) in [6, 6.07) is 1.85. The van der Waals surface area contributed by atoms with Gasteiger partial charge in [-0.1, -0.05) is 26.8 Å². The van der Waals surface area contributed by atoms with Crippen molar-refractivity contribution in [1.29, 1.82) is 5.26 Å². The first-order valence-corrected chi connectivity index (χ1v) is 6.46. The number of rotatable bonds is 9. The summed E-state index contributed by atoms with van der Waals surface area (Å²) in [7, 11) is 0. The van der Waals surface area contributed by atoms with Crippen LogP contribution in [-0.4, -0.2) is 24.6 Å².